The van der Waals surface area contributed by atoms with Gasteiger partial charge in [0, 0.05) is 13.0 Å². The molecule has 2 fully saturated rings. The highest BCUT2D eigenvalue weighted by molar-refractivity contribution is 5.69. The molecule has 0 aromatic carbocycles. The smallest absolute Gasteiger partial charge is 0.306 e. The molecule has 0 aliphatic carbocycles. The Morgan fingerprint density at radius 3 is 1.17 bits per heavy atom. The zero-order valence-corrected chi connectivity index (χ0v) is 51.1. The maximum absolute atomic E-state index is 13.1. The van der Waals surface area contributed by atoms with Crippen molar-refractivity contribution in [1.29, 1.82) is 0 Å². The van der Waals surface area contributed by atoms with E-state index in [9.17, 15) is 40.5 Å². The first-order chi connectivity index (χ1) is 40.6. The van der Waals surface area contributed by atoms with Crippen molar-refractivity contribution < 1.29 is 69.0 Å². The number of rotatable bonds is 51. The van der Waals surface area contributed by atoms with Gasteiger partial charge in [0.2, 0.25) is 0 Å². The van der Waals surface area contributed by atoms with Gasteiger partial charge in [-0.1, -0.05) is 219 Å². The van der Waals surface area contributed by atoms with E-state index >= 15 is 0 Å². The van der Waals surface area contributed by atoms with E-state index in [-0.39, 0.29) is 25.6 Å². The van der Waals surface area contributed by atoms with Gasteiger partial charge in [0.15, 0.2) is 12.6 Å². The number of aliphatic hydroxyl groups is 7. The van der Waals surface area contributed by atoms with Crippen molar-refractivity contribution in [2.75, 3.05) is 33.0 Å². The molecule has 0 aromatic rings. The Labute approximate surface area is 501 Å². The van der Waals surface area contributed by atoms with E-state index in [0.29, 0.717) is 13.0 Å². The van der Waals surface area contributed by atoms with Gasteiger partial charge in [0.1, 0.15) is 54.9 Å². The normalized spacial score (nSPS) is 24.3. The van der Waals surface area contributed by atoms with Crippen LogP contribution >= 0.6 is 0 Å². The largest absolute Gasteiger partial charge is 0.457 e. The van der Waals surface area contributed by atoms with E-state index < -0.39 is 80.7 Å². The highest BCUT2D eigenvalue weighted by Gasteiger charge is 2.47. The van der Waals surface area contributed by atoms with Crippen LogP contribution in [0, 0.1) is 0 Å². The molecule has 2 saturated heterocycles. The van der Waals surface area contributed by atoms with Crippen molar-refractivity contribution in [2.45, 2.75) is 274 Å². The van der Waals surface area contributed by atoms with E-state index in [2.05, 4.69) is 135 Å². The molecule has 2 aliphatic heterocycles. The lowest BCUT2D eigenvalue weighted by molar-refractivity contribution is -0.332. The molecule has 0 aromatic heterocycles. The van der Waals surface area contributed by atoms with E-state index in [1.807, 2.05) is 0 Å². The average molecular weight is 1170 g/mol. The van der Waals surface area contributed by atoms with Crippen molar-refractivity contribution in [3.05, 3.63) is 122 Å². The van der Waals surface area contributed by atoms with Crippen molar-refractivity contribution in [3.63, 3.8) is 0 Å². The first kappa shape index (κ1) is 75.5. The number of allylic oxidation sites excluding steroid dienone is 20. The molecule has 0 saturated carbocycles. The molecule has 2 heterocycles. The third kappa shape index (κ3) is 39.7. The molecule has 2 aliphatic rings. The lowest BCUT2D eigenvalue weighted by Gasteiger charge is -2.42. The summed E-state index contributed by atoms with van der Waals surface area (Å²) in [6, 6.07) is 0. The fourth-order valence-electron chi connectivity index (χ4n) is 9.40. The van der Waals surface area contributed by atoms with Crippen LogP contribution in [0.25, 0.3) is 0 Å². The molecule has 0 bridgehead atoms. The number of aliphatic hydroxyl groups excluding tert-OH is 7. The lowest BCUT2D eigenvalue weighted by Crippen LogP contribution is -2.61. The van der Waals surface area contributed by atoms with Gasteiger partial charge in [0.25, 0.3) is 0 Å². The molecule has 474 valence electrons. The van der Waals surface area contributed by atoms with Crippen LogP contribution in [0.5, 0.6) is 0 Å². The zero-order chi connectivity index (χ0) is 60.1. The van der Waals surface area contributed by atoms with Gasteiger partial charge in [-0.2, -0.15) is 0 Å². The van der Waals surface area contributed by atoms with Crippen molar-refractivity contribution in [1.82, 2.24) is 0 Å². The number of hydrogen-bond donors (Lipinski definition) is 7. The minimum atomic E-state index is -1.72. The molecule has 0 spiro atoms. The summed E-state index contributed by atoms with van der Waals surface area (Å²) in [4.78, 5) is 13.1. The Balaban J connectivity index is 1.69. The highest BCUT2D eigenvalue weighted by atomic mass is 16.7. The maximum atomic E-state index is 13.1. The van der Waals surface area contributed by atoms with E-state index in [0.717, 1.165) is 122 Å². The van der Waals surface area contributed by atoms with Crippen LogP contribution < -0.4 is 0 Å². The molecular formula is C69H114O14. The van der Waals surface area contributed by atoms with Crippen molar-refractivity contribution in [2.24, 2.45) is 0 Å². The molecule has 83 heavy (non-hydrogen) atoms. The summed E-state index contributed by atoms with van der Waals surface area (Å²) >= 11 is 0. The van der Waals surface area contributed by atoms with Gasteiger partial charge in [-0.3, -0.25) is 4.79 Å². The number of carbonyl (C=O) groups is 1. The zero-order valence-electron chi connectivity index (χ0n) is 51.1. The van der Waals surface area contributed by atoms with E-state index in [1.54, 1.807) is 0 Å². The number of ether oxygens (including phenoxy) is 6. The Kier molecular flexibility index (Phi) is 49.0. The summed E-state index contributed by atoms with van der Waals surface area (Å²) in [7, 11) is 0. The Morgan fingerprint density at radius 2 is 0.747 bits per heavy atom. The SMILES string of the molecule is CC/C=C\C/C=C\C/C=C\C/C=C\C/C=C\C/C=C\CCCCCCCCCOCC(COC1OC(COC2OC(CO)C(O)C(O)C2O)C(O)C(O)C1O)OC(=O)CCCCCCCCCCCC/C=C\C/C=C\C/C=C\C/C=C\CC. The molecule has 7 N–H and O–H groups in total. The fourth-order valence-corrected chi connectivity index (χ4v) is 9.40. The summed E-state index contributed by atoms with van der Waals surface area (Å²) < 4.78 is 34.5. The molecule has 11 atom stereocenters. The Hall–Kier alpha value is -3.61. The topological polar surface area (TPSA) is 214 Å². The summed E-state index contributed by atoms with van der Waals surface area (Å²) in [5, 5.41) is 72.5. The number of carbonyl (C=O) groups excluding carboxylic acids is 1. The second-order valence-electron chi connectivity index (χ2n) is 21.8. The van der Waals surface area contributed by atoms with Crippen LogP contribution in [0.15, 0.2) is 122 Å². The molecule has 14 heteroatoms. The first-order valence-corrected chi connectivity index (χ1v) is 32.1. The van der Waals surface area contributed by atoms with Gasteiger partial charge < -0.3 is 64.2 Å². The van der Waals surface area contributed by atoms with Crippen molar-refractivity contribution in [3.8, 4) is 0 Å². The van der Waals surface area contributed by atoms with Crippen LogP contribution in [0.2, 0.25) is 0 Å². The van der Waals surface area contributed by atoms with Crippen LogP contribution in [0.4, 0.5) is 0 Å². The van der Waals surface area contributed by atoms with Gasteiger partial charge in [-0.25, -0.2) is 0 Å². The second kappa shape index (κ2) is 53.8. The highest BCUT2D eigenvalue weighted by Crippen LogP contribution is 2.27. The van der Waals surface area contributed by atoms with Crippen LogP contribution in [0.1, 0.15) is 206 Å². The van der Waals surface area contributed by atoms with Crippen molar-refractivity contribution >= 4 is 5.97 Å². The van der Waals surface area contributed by atoms with Gasteiger partial charge >= 0.3 is 5.97 Å². The Bertz CT molecular complexity index is 1830. The summed E-state index contributed by atoms with van der Waals surface area (Å²) in [6.07, 6.45) is 59.7. The minimum absolute atomic E-state index is 0.0441. The average Bonchev–Trinajstić information content (AvgIpc) is 3.69. The monoisotopic (exact) mass is 1170 g/mol. The third-order valence-electron chi connectivity index (χ3n) is 14.5. The lowest BCUT2D eigenvalue weighted by atomic mass is 9.98. The van der Waals surface area contributed by atoms with Crippen LogP contribution in [0.3, 0.4) is 0 Å². The molecule has 14 nitrogen and oxygen atoms in total. The number of esters is 1. The standard InChI is InChI=1S/C69H114O14/c1-3-5-7-9-11-13-15-17-19-21-23-25-27-28-29-31-33-35-37-39-41-43-45-47-49-51-53-78-55-58(56-79-68-67(77)65(75)63(73)60(83-68)57-80-69-66(76)64(74)62(72)59(54-70)82-69)81-61(71)52-50-48-46-44-42-40-38-36-34-32-30-26-24-22-20-18-16-14-12-10-8-6-4-2/h5-8,11-14,17-20,23-26,28-29,33,35,58-60,62-70,72-77H,3-4,9-10,15-16,21-22,27,30-32,34,36-57H2,1-2H3/b7-5-,8-6-,13-11-,14-12-,19-17-,20-18-,25-23-,26-24-,29-28-,35-33-. The molecule has 11 unspecified atom stereocenters. The molecular weight excluding hydrogens is 1050 g/mol. The fraction of sp³-hybridized carbons (Fsp3) is 0.696. The first-order valence-electron chi connectivity index (χ1n) is 32.1. The minimum Gasteiger partial charge on any atom is -0.457 e. The number of unbranched alkanes of at least 4 members (excludes halogenated alkanes) is 17. The third-order valence-corrected chi connectivity index (χ3v) is 14.5. The van der Waals surface area contributed by atoms with Gasteiger partial charge in [-0.05, 0) is 103 Å². The van der Waals surface area contributed by atoms with Crippen LogP contribution in [-0.4, -0.2) is 142 Å². The molecule has 0 amide bonds. The predicted molar refractivity (Wildman–Crippen MR) is 334 cm³/mol. The molecule has 0 radical (unpaired) electrons. The van der Waals surface area contributed by atoms with E-state index in [1.165, 1.54) is 57.8 Å². The predicted octanol–water partition coefficient (Wildman–Crippen LogP) is 12.9. The Morgan fingerprint density at radius 1 is 0.398 bits per heavy atom. The van der Waals surface area contributed by atoms with Gasteiger partial charge in [-0.15, -0.1) is 0 Å². The maximum Gasteiger partial charge on any atom is 0.306 e. The quantitative estimate of drug-likeness (QED) is 0.0172. The van der Waals surface area contributed by atoms with Gasteiger partial charge in [0.05, 0.1) is 26.4 Å². The number of hydrogen-bond acceptors (Lipinski definition) is 14. The van der Waals surface area contributed by atoms with Crippen LogP contribution in [-0.2, 0) is 33.2 Å². The molecule has 2 rings (SSSR count). The summed E-state index contributed by atoms with van der Waals surface area (Å²) in [5.41, 5.74) is 0. The second-order valence-corrected chi connectivity index (χ2v) is 21.8. The van der Waals surface area contributed by atoms with E-state index in [4.69, 9.17) is 28.4 Å². The summed E-state index contributed by atoms with van der Waals surface area (Å²) in [5.74, 6) is -0.389. The summed E-state index contributed by atoms with van der Waals surface area (Å²) in [6.45, 7) is 3.42.